The third-order valence-corrected chi connectivity index (χ3v) is 10.7. The highest BCUT2D eigenvalue weighted by atomic mass is 16.3. The SMILES string of the molecule is C[CH+]CCCC(C)C1CCC2C3C(O)CC4CC(O)CCC4(C)C3CC(O)C12C. The maximum absolute atomic E-state index is 11.6. The molecule has 0 radical (unpaired) electrons. The van der Waals surface area contributed by atoms with Crippen LogP contribution in [-0.2, 0) is 0 Å². The molecule has 0 spiro atoms. The van der Waals surface area contributed by atoms with Crippen LogP contribution in [0.25, 0.3) is 0 Å². The van der Waals surface area contributed by atoms with Gasteiger partial charge < -0.3 is 15.3 Å². The van der Waals surface area contributed by atoms with E-state index >= 15 is 0 Å². The maximum Gasteiger partial charge on any atom is 0.0872 e. The first kappa shape index (κ1) is 22.0. The summed E-state index contributed by atoms with van der Waals surface area (Å²) in [6.45, 7) is 9.33. The van der Waals surface area contributed by atoms with Crippen LogP contribution in [0.3, 0.4) is 0 Å². The van der Waals surface area contributed by atoms with Gasteiger partial charge in [0.2, 0.25) is 0 Å². The molecule has 166 valence electrons. The summed E-state index contributed by atoms with van der Waals surface area (Å²) in [5.41, 5.74) is 0.126. The van der Waals surface area contributed by atoms with Crippen molar-refractivity contribution >= 4 is 0 Å². The van der Waals surface area contributed by atoms with Crippen molar-refractivity contribution in [2.75, 3.05) is 0 Å². The third kappa shape index (κ3) is 3.38. The predicted molar refractivity (Wildman–Crippen MR) is 117 cm³/mol. The Morgan fingerprint density at radius 3 is 2.48 bits per heavy atom. The number of fused-ring (bicyclic) bond motifs is 5. The van der Waals surface area contributed by atoms with Crippen molar-refractivity contribution < 1.29 is 15.3 Å². The zero-order valence-electron chi connectivity index (χ0n) is 19.2. The van der Waals surface area contributed by atoms with Crippen LogP contribution in [0, 0.1) is 52.8 Å². The summed E-state index contributed by atoms with van der Waals surface area (Å²) in [5.74, 6) is 2.81. The van der Waals surface area contributed by atoms with Crippen molar-refractivity contribution in [1.82, 2.24) is 0 Å². The number of rotatable bonds is 5. The molecule has 3 N–H and O–H groups in total. The highest BCUT2D eigenvalue weighted by Gasteiger charge is 2.65. The molecule has 3 nitrogen and oxygen atoms in total. The Labute approximate surface area is 178 Å². The molecule has 0 aliphatic heterocycles. The largest absolute Gasteiger partial charge is 0.393 e. The molecule has 4 rings (SSSR count). The first-order chi connectivity index (χ1) is 13.7. The van der Waals surface area contributed by atoms with Crippen molar-refractivity contribution in [1.29, 1.82) is 0 Å². The van der Waals surface area contributed by atoms with Gasteiger partial charge in [-0.3, -0.25) is 0 Å². The fourth-order valence-electron chi connectivity index (χ4n) is 8.98. The summed E-state index contributed by atoms with van der Waals surface area (Å²) in [6.07, 6.45) is 12.1. The van der Waals surface area contributed by atoms with Gasteiger partial charge in [-0.2, -0.15) is 0 Å². The molecular weight excluding hydrogens is 360 g/mol. The standard InChI is InChI=1S/C26H45O3/c1-5-6-7-8-16(2)19-9-10-20-24-21(15-23(29)26(19,20)4)25(3)12-11-18(27)13-17(25)14-22(24)28/h5,16-24,27-29H,6-15H2,1-4H3/q+1. The molecule has 29 heavy (non-hydrogen) atoms. The molecule has 0 aromatic heterocycles. The maximum atomic E-state index is 11.6. The monoisotopic (exact) mass is 405 g/mol. The van der Waals surface area contributed by atoms with Gasteiger partial charge in [0.25, 0.3) is 0 Å². The summed E-state index contributed by atoms with van der Waals surface area (Å²) >= 11 is 0. The first-order valence-corrected chi connectivity index (χ1v) is 12.6. The van der Waals surface area contributed by atoms with Crippen LogP contribution in [0.2, 0.25) is 0 Å². The first-order valence-electron chi connectivity index (χ1n) is 12.6. The quantitative estimate of drug-likeness (QED) is 0.447. The van der Waals surface area contributed by atoms with Crippen LogP contribution in [0.4, 0.5) is 0 Å². The molecule has 4 aliphatic carbocycles. The van der Waals surface area contributed by atoms with Crippen LogP contribution in [0.5, 0.6) is 0 Å². The van der Waals surface area contributed by atoms with Gasteiger partial charge in [-0.25, -0.2) is 0 Å². The lowest BCUT2D eigenvalue weighted by Crippen LogP contribution is -2.62. The van der Waals surface area contributed by atoms with Crippen LogP contribution in [0.1, 0.15) is 91.9 Å². The Morgan fingerprint density at radius 2 is 1.76 bits per heavy atom. The molecule has 11 unspecified atom stereocenters. The minimum atomic E-state index is -0.260. The third-order valence-electron chi connectivity index (χ3n) is 10.7. The Balaban J connectivity index is 1.58. The average molecular weight is 406 g/mol. The van der Waals surface area contributed by atoms with E-state index in [1.54, 1.807) is 0 Å². The molecule has 11 atom stereocenters. The molecule has 4 aliphatic rings. The topological polar surface area (TPSA) is 60.7 Å². The van der Waals surface area contributed by atoms with E-state index in [4.69, 9.17) is 0 Å². The second-order valence-corrected chi connectivity index (χ2v) is 11.8. The van der Waals surface area contributed by atoms with E-state index in [0.717, 1.165) is 32.1 Å². The second-order valence-electron chi connectivity index (χ2n) is 11.8. The Morgan fingerprint density at radius 1 is 1.00 bits per heavy atom. The zero-order valence-corrected chi connectivity index (χ0v) is 19.2. The van der Waals surface area contributed by atoms with Gasteiger partial charge in [-0.15, -0.1) is 0 Å². The Hall–Kier alpha value is -0.250. The van der Waals surface area contributed by atoms with Crippen molar-refractivity contribution in [3.05, 3.63) is 6.42 Å². The smallest absolute Gasteiger partial charge is 0.0872 e. The molecule has 0 amide bonds. The lowest BCUT2D eigenvalue weighted by Gasteiger charge is -2.63. The van der Waals surface area contributed by atoms with Crippen LogP contribution >= 0.6 is 0 Å². The summed E-state index contributed by atoms with van der Waals surface area (Å²) in [4.78, 5) is 0. The normalized spacial score (nSPS) is 52.9. The summed E-state index contributed by atoms with van der Waals surface area (Å²) < 4.78 is 0. The molecule has 0 aromatic carbocycles. The number of aliphatic hydroxyl groups is 3. The van der Waals surface area contributed by atoms with Gasteiger partial charge in [0, 0.05) is 0 Å². The van der Waals surface area contributed by atoms with E-state index in [0.29, 0.717) is 35.5 Å². The fourth-order valence-corrected chi connectivity index (χ4v) is 8.98. The molecule has 3 heteroatoms. The van der Waals surface area contributed by atoms with Crippen molar-refractivity contribution in [3.8, 4) is 0 Å². The summed E-state index contributed by atoms with van der Waals surface area (Å²) in [7, 11) is 0. The van der Waals surface area contributed by atoms with Crippen molar-refractivity contribution in [2.45, 2.75) is 110 Å². The Bertz CT molecular complexity index is 578. The number of hydrogen-bond acceptors (Lipinski definition) is 3. The average Bonchev–Trinajstić information content (AvgIpc) is 3.03. The van der Waals surface area contributed by atoms with Crippen LogP contribution in [-0.4, -0.2) is 33.6 Å². The van der Waals surface area contributed by atoms with Gasteiger partial charge >= 0.3 is 0 Å². The number of hydrogen-bond donors (Lipinski definition) is 3. The number of unbranched alkanes of at least 4 members (excludes halogenated alkanes) is 2. The zero-order chi connectivity index (χ0) is 21.0. The minimum absolute atomic E-state index is 0.0468. The van der Waals surface area contributed by atoms with E-state index in [2.05, 4.69) is 34.1 Å². The summed E-state index contributed by atoms with van der Waals surface area (Å²) in [5, 5.41) is 33.1. The molecule has 0 bridgehead atoms. The van der Waals surface area contributed by atoms with Gasteiger partial charge in [-0.1, -0.05) is 20.8 Å². The van der Waals surface area contributed by atoms with Gasteiger partial charge in [0.15, 0.2) is 0 Å². The lowest BCUT2D eigenvalue weighted by molar-refractivity contribution is -0.207. The van der Waals surface area contributed by atoms with Gasteiger partial charge in [-0.05, 0) is 104 Å². The highest BCUT2D eigenvalue weighted by molar-refractivity contribution is 5.14. The second kappa shape index (κ2) is 8.02. The highest BCUT2D eigenvalue weighted by Crippen LogP contribution is 2.68. The molecule has 0 aromatic rings. The van der Waals surface area contributed by atoms with Gasteiger partial charge in [0.1, 0.15) is 0 Å². The van der Waals surface area contributed by atoms with Crippen molar-refractivity contribution in [2.24, 2.45) is 46.3 Å². The van der Waals surface area contributed by atoms with Crippen LogP contribution in [0.15, 0.2) is 0 Å². The molecule has 4 saturated carbocycles. The van der Waals surface area contributed by atoms with Gasteiger partial charge in [0.05, 0.1) is 38.1 Å². The summed E-state index contributed by atoms with van der Waals surface area (Å²) in [6, 6.07) is 0. The van der Waals surface area contributed by atoms with E-state index in [1.165, 1.54) is 32.1 Å². The van der Waals surface area contributed by atoms with Crippen molar-refractivity contribution in [3.63, 3.8) is 0 Å². The predicted octanol–water partition coefficient (Wildman–Crippen LogP) is 4.98. The van der Waals surface area contributed by atoms with E-state index in [-0.39, 0.29) is 29.1 Å². The fraction of sp³-hybridized carbons (Fsp3) is 0.962. The lowest BCUT2D eigenvalue weighted by atomic mass is 9.43. The van der Waals surface area contributed by atoms with Crippen LogP contribution < -0.4 is 0 Å². The molecule has 0 heterocycles. The minimum Gasteiger partial charge on any atom is -0.393 e. The number of aliphatic hydroxyl groups excluding tert-OH is 3. The molecular formula is C26H45O3+. The molecule has 0 saturated heterocycles. The Kier molecular flexibility index (Phi) is 6.08. The van der Waals surface area contributed by atoms with E-state index in [1.807, 2.05) is 0 Å². The molecule has 4 fully saturated rings. The van der Waals surface area contributed by atoms with E-state index < -0.39 is 0 Å². The van der Waals surface area contributed by atoms with E-state index in [9.17, 15) is 15.3 Å².